The molecule has 390 valence electrons. The Bertz CT molecular complexity index is 1170. The van der Waals surface area contributed by atoms with Crippen LogP contribution in [0.25, 0.3) is 0 Å². The number of rotatable bonds is 53. The molecule has 1 atom stereocenters. The average Bonchev–Trinajstić information content (AvgIpc) is 3.33. The molecule has 0 radical (unpaired) electrons. The van der Waals surface area contributed by atoms with Crippen LogP contribution in [0, 0.1) is 0 Å². The van der Waals surface area contributed by atoms with Crippen molar-refractivity contribution in [3.63, 3.8) is 0 Å². The second kappa shape index (κ2) is 56.0. The summed E-state index contributed by atoms with van der Waals surface area (Å²) in [6, 6.07) is 0. The molecule has 0 N–H and O–H groups in total. The van der Waals surface area contributed by atoms with E-state index in [-0.39, 0.29) is 31.1 Å². The van der Waals surface area contributed by atoms with Crippen molar-refractivity contribution in [1.82, 2.24) is 0 Å². The zero-order valence-corrected chi connectivity index (χ0v) is 44.7. The molecule has 0 aromatic heterocycles. The highest BCUT2D eigenvalue weighted by Crippen LogP contribution is 2.16. The fourth-order valence-corrected chi connectivity index (χ4v) is 8.39. The third kappa shape index (κ3) is 54.2. The molecule has 0 spiro atoms. The Labute approximate surface area is 416 Å². The number of carbonyl (C=O) groups is 3. The highest BCUT2D eigenvalue weighted by molar-refractivity contribution is 5.71. The number of hydrogen-bond acceptors (Lipinski definition) is 6. The first-order valence-electron chi connectivity index (χ1n) is 29.1. The number of unbranched alkanes of at least 4 members (excludes halogenated alkanes) is 34. The van der Waals surface area contributed by atoms with Crippen LogP contribution in [0.2, 0.25) is 0 Å². The number of ether oxygens (including phenoxy) is 3. The van der Waals surface area contributed by atoms with Gasteiger partial charge in [0.05, 0.1) is 0 Å². The summed E-state index contributed by atoms with van der Waals surface area (Å²) >= 11 is 0. The van der Waals surface area contributed by atoms with Gasteiger partial charge in [-0.25, -0.2) is 0 Å². The molecule has 0 fully saturated rings. The van der Waals surface area contributed by atoms with E-state index in [2.05, 4.69) is 69.4 Å². The smallest absolute Gasteiger partial charge is 0.306 e. The summed E-state index contributed by atoms with van der Waals surface area (Å²) in [5.74, 6) is -0.885. The standard InChI is InChI=1S/C61H110O6/c1-4-7-10-13-16-19-22-25-27-28-29-30-31-32-34-36-39-42-45-48-51-54-60(63)66-57-58(56-65-59(62)53-50-47-44-41-38-35-24-21-18-15-12-9-6-3)67-61(64)55-52-49-46-43-40-37-33-26-23-20-17-14-11-8-5-2/h21-22,24-25,28-29,31-32,58H,4-20,23,26-27,30,33-57H2,1-3H3/b24-21-,25-22-,29-28-,32-31-. The molecule has 0 saturated carbocycles. The van der Waals surface area contributed by atoms with Gasteiger partial charge in [-0.15, -0.1) is 0 Å². The number of allylic oxidation sites excluding steroid dienone is 8. The normalized spacial score (nSPS) is 12.3. The molecular formula is C61H110O6. The lowest BCUT2D eigenvalue weighted by atomic mass is 10.0. The quantitative estimate of drug-likeness (QED) is 0.0262. The van der Waals surface area contributed by atoms with Crippen LogP contribution in [-0.2, 0) is 28.6 Å². The van der Waals surface area contributed by atoms with Gasteiger partial charge in [-0.2, -0.15) is 0 Å². The Morgan fingerprint density at radius 2 is 0.537 bits per heavy atom. The van der Waals surface area contributed by atoms with Crippen LogP contribution in [0.4, 0.5) is 0 Å². The molecular weight excluding hydrogens is 829 g/mol. The third-order valence-electron chi connectivity index (χ3n) is 12.8. The zero-order chi connectivity index (χ0) is 48.6. The predicted molar refractivity (Wildman–Crippen MR) is 289 cm³/mol. The molecule has 6 nitrogen and oxygen atoms in total. The maximum absolute atomic E-state index is 12.8. The van der Waals surface area contributed by atoms with Gasteiger partial charge in [0, 0.05) is 19.3 Å². The molecule has 0 amide bonds. The van der Waals surface area contributed by atoms with Crippen molar-refractivity contribution in [3.05, 3.63) is 48.6 Å². The van der Waals surface area contributed by atoms with Gasteiger partial charge in [0.1, 0.15) is 13.2 Å². The van der Waals surface area contributed by atoms with Crippen LogP contribution >= 0.6 is 0 Å². The van der Waals surface area contributed by atoms with Crippen molar-refractivity contribution in [2.75, 3.05) is 13.2 Å². The van der Waals surface area contributed by atoms with Gasteiger partial charge in [0.25, 0.3) is 0 Å². The van der Waals surface area contributed by atoms with E-state index in [0.29, 0.717) is 19.3 Å². The van der Waals surface area contributed by atoms with Crippen LogP contribution in [0.15, 0.2) is 48.6 Å². The summed E-state index contributed by atoms with van der Waals surface area (Å²) in [6.07, 6.45) is 68.1. The minimum atomic E-state index is -0.779. The highest BCUT2D eigenvalue weighted by atomic mass is 16.6. The van der Waals surface area contributed by atoms with E-state index in [4.69, 9.17) is 14.2 Å². The summed E-state index contributed by atoms with van der Waals surface area (Å²) < 4.78 is 16.9. The lowest BCUT2D eigenvalue weighted by molar-refractivity contribution is -0.167. The van der Waals surface area contributed by atoms with Gasteiger partial charge >= 0.3 is 17.9 Å². The summed E-state index contributed by atoms with van der Waals surface area (Å²) in [4.78, 5) is 38.1. The number of carbonyl (C=O) groups excluding carboxylic acids is 3. The van der Waals surface area contributed by atoms with Crippen LogP contribution in [0.5, 0.6) is 0 Å². The molecule has 67 heavy (non-hydrogen) atoms. The largest absolute Gasteiger partial charge is 0.462 e. The van der Waals surface area contributed by atoms with E-state index < -0.39 is 6.10 Å². The second-order valence-corrected chi connectivity index (χ2v) is 19.6. The Balaban J connectivity index is 4.35. The van der Waals surface area contributed by atoms with Crippen molar-refractivity contribution >= 4 is 17.9 Å². The molecule has 0 aliphatic rings. The molecule has 0 aromatic rings. The van der Waals surface area contributed by atoms with E-state index in [1.165, 1.54) is 180 Å². The second-order valence-electron chi connectivity index (χ2n) is 19.6. The minimum absolute atomic E-state index is 0.0790. The van der Waals surface area contributed by atoms with Crippen molar-refractivity contribution in [3.8, 4) is 0 Å². The highest BCUT2D eigenvalue weighted by Gasteiger charge is 2.19. The van der Waals surface area contributed by atoms with Crippen molar-refractivity contribution < 1.29 is 28.6 Å². The molecule has 0 aromatic carbocycles. The third-order valence-corrected chi connectivity index (χ3v) is 12.8. The first kappa shape index (κ1) is 64.4. The van der Waals surface area contributed by atoms with E-state index in [1.807, 2.05) is 0 Å². The molecule has 0 heterocycles. The maximum Gasteiger partial charge on any atom is 0.306 e. The average molecular weight is 940 g/mol. The summed E-state index contributed by atoms with van der Waals surface area (Å²) in [6.45, 7) is 6.63. The monoisotopic (exact) mass is 939 g/mol. The fraction of sp³-hybridized carbons (Fsp3) is 0.820. The van der Waals surface area contributed by atoms with Crippen molar-refractivity contribution in [2.24, 2.45) is 0 Å². The fourth-order valence-electron chi connectivity index (χ4n) is 8.39. The van der Waals surface area contributed by atoms with Gasteiger partial charge in [-0.05, 0) is 83.5 Å². The maximum atomic E-state index is 12.8. The minimum Gasteiger partial charge on any atom is -0.462 e. The predicted octanol–water partition coefficient (Wildman–Crippen LogP) is 19.4. The van der Waals surface area contributed by atoms with Crippen LogP contribution < -0.4 is 0 Å². The van der Waals surface area contributed by atoms with Crippen molar-refractivity contribution in [1.29, 1.82) is 0 Å². The first-order valence-corrected chi connectivity index (χ1v) is 29.1. The Kier molecular flexibility index (Phi) is 53.8. The molecule has 0 bridgehead atoms. The van der Waals surface area contributed by atoms with Gasteiger partial charge in [0.2, 0.25) is 0 Å². The van der Waals surface area contributed by atoms with E-state index in [0.717, 1.165) is 83.5 Å². The SMILES string of the molecule is CCCCCC/C=C\CCCCCCCC(=O)OCC(COC(=O)CCCCCCCC/C=C\C/C=C\C/C=C\CCCCCCC)OC(=O)CCCCCCCCCCCCCCCCC. The molecule has 6 heteroatoms. The molecule has 1 unspecified atom stereocenters. The Morgan fingerprint density at radius 1 is 0.299 bits per heavy atom. The Hall–Kier alpha value is -2.63. The number of hydrogen-bond donors (Lipinski definition) is 0. The first-order chi connectivity index (χ1) is 33.0. The van der Waals surface area contributed by atoms with Crippen LogP contribution in [0.3, 0.4) is 0 Å². The summed E-state index contributed by atoms with van der Waals surface area (Å²) in [5, 5.41) is 0. The molecule has 0 aliphatic heterocycles. The summed E-state index contributed by atoms with van der Waals surface area (Å²) in [7, 11) is 0. The van der Waals surface area contributed by atoms with Gasteiger partial charge in [-0.1, -0.05) is 249 Å². The van der Waals surface area contributed by atoms with Gasteiger partial charge in [0.15, 0.2) is 6.10 Å². The van der Waals surface area contributed by atoms with Gasteiger partial charge < -0.3 is 14.2 Å². The topological polar surface area (TPSA) is 78.9 Å². The van der Waals surface area contributed by atoms with E-state index in [9.17, 15) is 14.4 Å². The van der Waals surface area contributed by atoms with E-state index >= 15 is 0 Å². The molecule has 0 saturated heterocycles. The van der Waals surface area contributed by atoms with Crippen LogP contribution in [-0.4, -0.2) is 37.2 Å². The zero-order valence-electron chi connectivity index (χ0n) is 44.7. The molecule has 0 aliphatic carbocycles. The molecule has 0 rings (SSSR count). The van der Waals surface area contributed by atoms with Gasteiger partial charge in [-0.3, -0.25) is 14.4 Å². The summed E-state index contributed by atoms with van der Waals surface area (Å²) in [5.41, 5.74) is 0. The van der Waals surface area contributed by atoms with Crippen molar-refractivity contribution in [2.45, 2.75) is 309 Å². The lowest BCUT2D eigenvalue weighted by Crippen LogP contribution is -2.30. The van der Waals surface area contributed by atoms with E-state index in [1.54, 1.807) is 0 Å². The van der Waals surface area contributed by atoms with Crippen LogP contribution in [0.1, 0.15) is 303 Å². The lowest BCUT2D eigenvalue weighted by Gasteiger charge is -2.18. The Morgan fingerprint density at radius 3 is 0.866 bits per heavy atom. The number of esters is 3.